The summed E-state index contributed by atoms with van der Waals surface area (Å²) in [4.78, 5) is 19.3. The van der Waals surface area contributed by atoms with E-state index in [1.807, 2.05) is 11.8 Å². The summed E-state index contributed by atoms with van der Waals surface area (Å²) in [5.41, 5.74) is 2.53. The average molecular weight is 340 g/mol. The molecule has 0 bridgehead atoms. The Kier molecular flexibility index (Phi) is 4.29. The van der Waals surface area contributed by atoms with Crippen LogP contribution in [0.2, 0.25) is 0 Å². The molecule has 0 radical (unpaired) electrons. The highest BCUT2D eigenvalue weighted by Gasteiger charge is 2.46. The molecule has 1 N–H and O–H groups in total. The third-order valence-electron chi connectivity index (χ3n) is 5.13. The first kappa shape index (κ1) is 16.3. The van der Waals surface area contributed by atoms with Crippen LogP contribution < -0.4 is 0 Å². The van der Waals surface area contributed by atoms with Gasteiger partial charge in [0.15, 0.2) is 5.82 Å². The van der Waals surface area contributed by atoms with Gasteiger partial charge < -0.3 is 9.64 Å². The number of carbonyl (C=O) groups is 1. The van der Waals surface area contributed by atoms with E-state index < -0.39 is 0 Å². The van der Waals surface area contributed by atoms with E-state index in [0.29, 0.717) is 31.4 Å². The van der Waals surface area contributed by atoms with Crippen LogP contribution in [0.1, 0.15) is 48.1 Å². The lowest BCUT2D eigenvalue weighted by molar-refractivity contribution is -0.140. The van der Waals surface area contributed by atoms with Crippen LogP contribution in [0.4, 0.5) is 0 Å². The van der Waals surface area contributed by atoms with Crippen LogP contribution in [-0.2, 0) is 16.0 Å². The molecule has 0 spiro atoms. The lowest BCUT2D eigenvalue weighted by Crippen LogP contribution is -2.43. The number of nitrogens with zero attached hydrogens (tertiary/aromatic N) is 3. The zero-order valence-corrected chi connectivity index (χ0v) is 14.7. The second-order valence-corrected chi connectivity index (χ2v) is 7.00. The van der Waals surface area contributed by atoms with Crippen molar-refractivity contribution in [1.82, 2.24) is 20.1 Å². The van der Waals surface area contributed by atoms with Crippen molar-refractivity contribution in [3.05, 3.63) is 47.0 Å². The second-order valence-electron chi connectivity index (χ2n) is 7.00. The highest BCUT2D eigenvalue weighted by atomic mass is 16.5. The number of hydrogen-bond donors (Lipinski definition) is 1. The van der Waals surface area contributed by atoms with Crippen molar-refractivity contribution in [2.75, 3.05) is 19.7 Å². The third-order valence-corrected chi connectivity index (χ3v) is 5.13. The molecule has 0 unspecified atom stereocenters. The predicted molar refractivity (Wildman–Crippen MR) is 93.1 cm³/mol. The minimum atomic E-state index is -0.231. The fourth-order valence-electron chi connectivity index (χ4n) is 3.59. The molecular weight excluding hydrogens is 316 g/mol. The molecule has 1 saturated heterocycles. The summed E-state index contributed by atoms with van der Waals surface area (Å²) in [6.45, 7) is 5.85. The lowest BCUT2D eigenvalue weighted by Gasteiger charge is -2.32. The van der Waals surface area contributed by atoms with E-state index >= 15 is 0 Å². The molecule has 4 rings (SSSR count). The first-order valence-electron chi connectivity index (χ1n) is 9.04. The lowest BCUT2D eigenvalue weighted by atomic mass is 10.1. The smallest absolute Gasteiger partial charge is 0.226 e. The van der Waals surface area contributed by atoms with Gasteiger partial charge in [0.2, 0.25) is 5.91 Å². The molecule has 1 aromatic carbocycles. The summed E-state index contributed by atoms with van der Waals surface area (Å²) < 4.78 is 5.79. The number of amides is 1. The quantitative estimate of drug-likeness (QED) is 0.928. The number of aromatic nitrogens is 3. The minimum absolute atomic E-state index is 0.110. The van der Waals surface area contributed by atoms with Crippen molar-refractivity contribution in [3.8, 4) is 0 Å². The van der Waals surface area contributed by atoms with E-state index in [9.17, 15) is 4.79 Å². The molecule has 1 amide bonds. The van der Waals surface area contributed by atoms with Gasteiger partial charge in [-0.25, -0.2) is 4.98 Å². The molecule has 1 aliphatic heterocycles. The van der Waals surface area contributed by atoms with Crippen LogP contribution in [0.3, 0.4) is 0 Å². The van der Waals surface area contributed by atoms with E-state index in [0.717, 1.165) is 18.7 Å². The van der Waals surface area contributed by atoms with Crippen LogP contribution in [0.5, 0.6) is 0 Å². The largest absolute Gasteiger partial charge is 0.366 e. The number of aryl methyl sites for hydroxylation is 2. The van der Waals surface area contributed by atoms with Crippen LogP contribution in [-0.4, -0.2) is 45.7 Å². The Morgan fingerprint density at radius 2 is 2.32 bits per heavy atom. The molecule has 2 fully saturated rings. The molecule has 6 nitrogen and oxygen atoms in total. The SMILES string of the molecule is CCc1nc([C@@H]2CN(C(=O)[C@@H]3C[C@@H]3c3cccc(C)c3)CCO2)n[nH]1. The normalized spacial score (nSPS) is 25.8. The highest BCUT2D eigenvalue weighted by Crippen LogP contribution is 2.48. The molecular formula is C19H24N4O2. The zero-order valence-electron chi connectivity index (χ0n) is 14.7. The van der Waals surface area contributed by atoms with Gasteiger partial charge in [-0.05, 0) is 24.8 Å². The number of hydrogen-bond acceptors (Lipinski definition) is 4. The van der Waals surface area contributed by atoms with Gasteiger partial charge in [-0.2, -0.15) is 5.10 Å². The number of ether oxygens (including phenoxy) is 1. The topological polar surface area (TPSA) is 71.1 Å². The summed E-state index contributed by atoms with van der Waals surface area (Å²) >= 11 is 0. The van der Waals surface area contributed by atoms with Crippen molar-refractivity contribution in [1.29, 1.82) is 0 Å². The van der Waals surface area contributed by atoms with Crippen molar-refractivity contribution in [3.63, 3.8) is 0 Å². The minimum Gasteiger partial charge on any atom is -0.366 e. The number of aromatic amines is 1. The van der Waals surface area contributed by atoms with Crippen LogP contribution >= 0.6 is 0 Å². The van der Waals surface area contributed by atoms with Gasteiger partial charge in [0.05, 0.1) is 13.2 Å². The first-order valence-corrected chi connectivity index (χ1v) is 9.04. The van der Waals surface area contributed by atoms with Gasteiger partial charge in [0.25, 0.3) is 0 Å². The monoisotopic (exact) mass is 340 g/mol. The standard InChI is InChI=1S/C19H24N4O2/c1-3-17-20-18(22-21-17)16-11-23(7-8-25-16)19(24)15-10-14(15)13-6-4-5-12(2)9-13/h4-6,9,14-16H,3,7-8,10-11H2,1-2H3,(H,20,21,22)/t14-,15-,16+/m1/s1. The summed E-state index contributed by atoms with van der Waals surface area (Å²) in [5.74, 6) is 2.22. The van der Waals surface area contributed by atoms with Crippen molar-refractivity contribution < 1.29 is 9.53 Å². The molecule has 2 aliphatic rings. The molecule has 1 saturated carbocycles. The summed E-state index contributed by atoms with van der Waals surface area (Å²) in [6.07, 6.45) is 1.53. The maximum Gasteiger partial charge on any atom is 0.226 e. The van der Waals surface area contributed by atoms with E-state index in [2.05, 4.69) is 46.4 Å². The summed E-state index contributed by atoms with van der Waals surface area (Å²) in [5, 5.41) is 7.16. The molecule has 2 heterocycles. The Bertz CT molecular complexity index is 772. The third kappa shape index (κ3) is 3.31. The predicted octanol–water partition coefficient (Wildman–Crippen LogP) is 2.38. The Morgan fingerprint density at radius 3 is 3.08 bits per heavy atom. The Hall–Kier alpha value is -2.21. The van der Waals surface area contributed by atoms with Crippen molar-refractivity contribution >= 4 is 5.91 Å². The number of benzene rings is 1. The van der Waals surface area contributed by atoms with Gasteiger partial charge in [0.1, 0.15) is 11.9 Å². The average Bonchev–Trinajstić information content (AvgIpc) is 3.30. The molecule has 2 aromatic rings. The van der Waals surface area contributed by atoms with Crippen molar-refractivity contribution in [2.24, 2.45) is 5.92 Å². The fourth-order valence-corrected chi connectivity index (χ4v) is 3.59. The number of nitrogens with one attached hydrogen (secondary N) is 1. The van der Waals surface area contributed by atoms with Crippen LogP contribution in [0.25, 0.3) is 0 Å². The van der Waals surface area contributed by atoms with Crippen molar-refractivity contribution in [2.45, 2.75) is 38.7 Å². The maximum absolute atomic E-state index is 12.9. The second kappa shape index (κ2) is 6.59. The van der Waals surface area contributed by atoms with E-state index in [4.69, 9.17) is 4.74 Å². The van der Waals surface area contributed by atoms with Gasteiger partial charge in [-0.15, -0.1) is 0 Å². The number of rotatable bonds is 4. The Labute approximate surface area is 147 Å². The fraction of sp³-hybridized carbons (Fsp3) is 0.526. The van der Waals surface area contributed by atoms with E-state index in [-0.39, 0.29) is 17.9 Å². The molecule has 1 aromatic heterocycles. The Morgan fingerprint density at radius 1 is 1.44 bits per heavy atom. The van der Waals surface area contributed by atoms with E-state index in [1.165, 1.54) is 11.1 Å². The van der Waals surface area contributed by atoms with E-state index in [1.54, 1.807) is 0 Å². The molecule has 1 aliphatic carbocycles. The van der Waals surface area contributed by atoms with Gasteiger partial charge in [-0.3, -0.25) is 9.89 Å². The number of morpholine rings is 1. The van der Waals surface area contributed by atoms with Gasteiger partial charge in [-0.1, -0.05) is 36.8 Å². The molecule has 6 heteroatoms. The first-order chi connectivity index (χ1) is 12.2. The molecule has 25 heavy (non-hydrogen) atoms. The zero-order chi connectivity index (χ0) is 17.4. The molecule has 132 valence electrons. The van der Waals surface area contributed by atoms with Gasteiger partial charge in [0, 0.05) is 18.9 Å². The number of carbonyl (C=O) groups excluding carboxylic acids is 1. The maximum atomic E-state index is 12.9. The van der Waals surface area contributed by atoms with Gasteiger partial charge >= 0.3 is 0 Å². The molecule has 3 atom stereocenters. The number of H-pyrrole nitrogens is 1. The Balaban J connectivity index is 1.41. The van der Waals surface area contributed by atoms with Crippen LogP contribution in [0, 0.1) is 12.8 Å². The summed E-state index contributed by atoms with van der Waals surface area (Å²) in [6, 6.07) is 8.49. The highest BCUT2D eigenvalue weighted by molar-refractivity contribution is 5.83. The summed E-state index contributed by atoms with van der Waals surface area (Å²) in [7, 11) is 0. The van der Waals surface area contributed by atoms with Crippen LogP contribution in [0.15, 0.2) is 24.3 Å².